The number of alkyl halides is 3. The Hall–Kier alpha value is -2.82. The number of halogens is 3. The van der Waals surface area contributed by atoms with Crippen LogP contribution in [0.15, 0.2) is 29.9 Å². The Morgan fingerprint density at radius 1 is 1.21 bits per heavy atom. The average Bonchev–Trinajstić information content (AvgIpc) is 3.28. The molecule has 0 aliphatic heterocycles. The van der Waals surface area contributed by atoms with E-state index in [2.05, 4.69) is 20.3 Å². The zero-order valence-corrected chi connectivity index (χ0v) is 16.7. The van der Waals surface area contributed by atoms with E-state index in [9.17, 15) is 18.0 Å². The summed E-state index contributed by atoms with van der Waals surface area (Å²) in [6.45, 7) is 6.02. The van der Waals surface area contributed by atoms with Crippen LogP contribution >= 0.6 is 11.3 Å². The molecule has 0 saturated carbocycles. The number of hydrogen-bond donors (Lipinski definition) is 0. The lowest BCUT2D eigenvalue weighted by molar-refractivity contribution is -0.144. The smallest absolute Gasteiger partial charge is 0.417 e. The predicted molar refractivity (Wildman–Crippen MR) is 98.5 cm³/mol. The van der Waals surface area contributed by atoms with Crippen molar-refractivity contribution in [3.8, 4) is 5.82 Å². The van der Waals surface area contributed by atoms with E-state index in [-0.39, 0.29) is 24.3 Å². The standard InChI is InChI=1S/C18H18F3N5O2S/c1-17(2,3)16-23-12(10-29-16)6-15(27)28-9-13-8-26(25-24-13)14-5-4-11(7-22-14)18(19,20)21/h4-5,7-8,10H,6,9H2,1-3H3. The van der Waals surface area contributed by atoms with Crippen LogP contribution in [-0.2, 0) is 34.2 Å². The molecule has 3 aromatic rings. The second-order valence-electron chi connectivity index (χ2n) is 7.29. The first kappa shape index (κ1) is 20.9. The molecular weight excluding hydrogens is 407 g/mol. The van der Waals surface area contributed by atoms with E-state index in [1.54, 1.807) is 0 Å². The number of ether oxygens (including phenoxy) is 1. The third-order valence-corrected chi connectivity index (χ3v) is 5.07. The van der Waals surface area contributed by atoms with Gasteiger partial charge in [0.15, 0.2) is 5.82 Å². The molecule has 0 aliphatic carbocycles. The number of hydrogen-bond acceptors (Lipinski definition) is 7. The van der Waals surface area contributed by atoms with Gasteiger partial charge in [0.1, 0.15) is 12.3 Å². The Balaban J connectivity index is 1.56. The van der Waals surface area contributed by atoms with Gasteiger partial charge in [-0.1, -0.05) is 26.0 Å². The summed E-state index contributed by atoms with van der Waals surface area (Å²) in [5.74, 6) is -0.293. The molecule has 0 radical (unpaired) electrons. The second-order valence-corrected chi connectivity index (χ2v) is 8.15. The van der Waals surface area contributed by atoms with Gasteiger partial charge in [-0.2, -0.15) is 13.2 Å². The number of pyridine rings is 1. The molecule has 3 heterocycles. The molecule has 0 fully saturated rings. The van der Waals surface area contributed by atoms with Gasteiger partial charge in [-0.05, 0) is 12.1 Å². The molecule has 0 spiro atoms. The van der Waals surface area contributed by atoms with E-state index in [1.807, 2.05) is 26.2 Å². The molecule has 0 amide bonds. The zero-order chi connectivity index (χ0) is 21.2. The fourth-order valence-corrected chi connectivity index (χ4v) is 3.16. The number of rotatable bonds is 5. The van der Waals surface area contributed by atoms with E-state index in [0.717, 1.165) is 17.3 Å². The first-order valence-corrected chi connectivity index (χ1v) is 9.46. The summed E-state index contributed by atoms with van der Waals surface area (Å²) in [6, 6.07) is 2.09. The van der Waals surface area contributed by atoms with Crippen LogP contribution in [-0.4, -0.2) is 30.9 Å². The molecule has 3 aromatic heterocycles. The molecule has 0 N–H and O–H groups in total. The van der Waals surface area contributed by atoms with Gasteiger partial charge in [-0.3, -0.25) is 4.79 Å². The van der Waals surface area contributed by atoms with Crippen LogP contribution in [0.1, 0.15) is 42.7 Å². The van der Waals surface area contributed by atoms with Crippen molar-refractivity contribution in [2.75, 3.05) is 0 Å². The van der Waals surface area contributed by atoms with E-state index >= 15 is 0 Å². The normalized spacial score (nSPS) is 12.2. The molecule has 0 bridgehead atoms. The van der Waals surface area contributed by atoms with Crippen LogP contribution in [0.4, 0.5) is 13.2 Å². The minimum Gasteiger partial charge on any atom is -0.459 e. The molecule has 0 saturated heterocycles. The summed E-state index contributed by atoms with van der Waals surface area (Å²) in [7, 11) is 0. The number of aromatic nitrogens is 5. The fraction of sp³-hybridized carbons (Fsp3) is 0.389. The monoisotopic (exact) mass is 425 g/mol. The third-order valence-electron chi connectivity index (χ3n) is 3.75. The summed E-state index contributed by atoms with van der Waals surface area (Å²) in [6.07, 6.45) is -2.26. The number of thiazole rings is 1. The van der Waals surface area contributed by atoms with Crippen molar-refractivity contribution in [2.24, 2.45) is 0 Å². The number of nitrogens with zero attached hydrogens (tertiary/aromatic N) is 5. The van der Waals surface area contributed by atoms with Crippen LogP contribution in [0.3, 0.4) is 0 Å². The van der Waals surface area contributed by atoms with Gasteiger partial charge in [-0.25, -0.2) is 14.6 Å². The van der Waals surface area contributed by atoms with Gasteiger partial charge in [0.2, 0.25) is 0 Å². The largest absolute Gasteiger partial charge is 0.459 e. The molecule has 7 nitrogen and oxygen atoms in total. The molecule has 3 rings (SSSR count). The minimum atomic E-state index is -4.46. The first-order chi connectivity index (χ1) is 13.5. The summed E-state index contributed by atoms with van der Waals surface area (Å²) < 4.78 is 44.2. The molecule has 0 unspecified atom stereocenters. The average molecular weight is 425 g/mol. The Kier molecular flexibility index (Phi) is 5.69. The maximum atomic E-state index is 12.6. The van der Waals surface area contributed by atoms with Crippen molar-refractivity contribution in [1.82, 2.24) is 25.0 Å². The van der Waals surface area contributed by atoms with Crippen molar-refractivity contribution in [3.05, 3.63) is 51.9 Å². The molecular formula is C18H18F3N5O2S. The SMILES string of the molecule is CC(C)(C)c1nc(CC(=O)OCc2cn(-c3ccc(C(F)(F)F)cn3)nn2)cs1. The van der Waals surface area contributed by atoms with Crippen LogP contribution < -0.4 is 0 Å². The Bertz CT molecular complexity index is 990. The highest BCUT2D eigenvalue weighted by Crippen LogP contribution is 2.28. The van der Waals surface area contributed by atoms with Crippen LogP contribution in [0, 0.1) is 0 Å². The fourth-order valence-electron chi connectivity index (χ4n) is 2.25. The number of carbonyl (C=O) groups excluding carboxylic acids is 1. The molecule has 0 atom stereocenters. The zero-order valence-electron chi connectivity index (χ0n) is 15.9. The summed E-state index contributed by atoms with van der Waals surface area (Å²) in [5, 5.41) is 10.4. The van der Waals surface area contributed by atoms with Gasteiger partial charge in [0, 0.05) is 17.0 Å². The summed E-state index contributed by atoms with van der Waals surface area (Å²) in [5.41, 5.74) is 0.0425. The highest BCUT2D eigenvalue weighted by molar-refractivity contribution is 7.09. The van der Waals surface area contributed by atoms with Gasteiger partial charge in [0.25, 0.3) is 0 Å². The Morgan fingerprint density at radius 2 is 1.97 bits per heavy atom. The topological polar surface area (TPSA) is 82.8 Å². The Labute approximate surface area is 168 Å². The highest BCUT2D eigenvalue weighted by atomic mass is 32.1. The van der Waals surface area contributed by atoms with Gasteiger partial charge >= 0.3 is 12.1 Å². The van der Waals surface area contributed by atoms with Crippen LogP contribution in [0.25, 0.3) is 5.82 Å². The highest BCUT2D eigenvalue weighted by Gasteiger charge is 2.30. The van der Waals surface area contributed by atoms with E-state index in [1.165, 1.54) is 28.3 Å². The maximum absolute atomic E-state index is 12.6. The number of carbonyl (C=O) groups is 1. The summed E-state index contributed by atoms with van der Waals surface area (Å²) >= 11 is 1.49. The van der Waals surface area contributed by atoms with Crippen molar-refractivity contribution in [3.63, 3.8) is 0 Å². The van der Waals surface area contributed by atoms with Crippen molar-refractivity contribution in [1.29, 1.82) is 0 Å². The first-order valence-electron chi connectivity index (χ1n) is 8.58. The van der Waals surface area contributed by atoms with Crippen molar-refractivity contribution >= 4 is 17.3 Å². The van der Waals surface area contributed by atoms with Gasteiger partial charge in [-0.15, -0.1) is 16.4 Å². The number of esters is 1. The van der Waals surface area contributed by atoms with Crippen molar-refractivity contribution < 1.29 is 22.7 Å². The van der Waals surface area contributed by atoms with Crippen LogP contribution in [0.5, 0.6) is 0 Å². The molecule has 0 aliphatic rings. The lowest BCUT2D eigenvalue weighted by Gasteiger charge is -2.13. The minimum absolute atomic E-state index is 0.0428. The third kappa shape index (κ3) is 5.37. The van der Waals surface area contributed by atoms with Gasteiger partial charge in [0.05, 0.1) is 28.9 Å². The maximum Gasteiger partial charge on any atom is 0.417 e. The predicted octanol–water partition coefficient (Wildman–Crippen LogP) is 3.72. The lowest BCUT2D eigenvalue weighted by Crippen LogP contribution is -2.12. The quantitative estimate of drug-likeness (QED) is 0.580. The molecule has 154 valence electrons. The van der Waals surface area contributed by atoms with Gasteiger partial charge < -0.3 is 4.74 Å². The second kappa shape index (κ2) is 7.90. The Morgan fingerprint density at radius 3 is 2.55 bits per heavy atom. The molecule has 29 heavy (non-hydrogen) atoms. The molecule has 0 aromatic carbocycles. The van der Waals surface area contributed by atoms with Crippen LogP contribution in [0.2, 0.25) is 0 Å². The summed E-state index contributed by atoms with van der Waals surface area (Å²) in [4.78, 5) is 20.2. The van der Waals surface area contributed by atoms with Crippen molar-refractivity contribution in [2.45, 2.75) is 45.4 Å². The molecule has 11 heteroatoms. The lowest BCUT2D eigenvalue weighted by atomic mass is 9.98. The van der Waals surface area contributed by atoms with E-state index in [0.29, 0.717) is 11.4 Å². The van der Waals surface area contributed by atoms with E-state index in [4.69, 9.17) is 4.74 Å². The van der Waals surface area contributed by atoms with E-state index < -0.39 is 17.7 Å².